The lowest BCUT2D eigenvalue weighted by molar-refractivity contribution is -0.384. The number of rotatable bonds is 5. The fourth-order valence-electron chi connectivity index (χ4n) is 3.83. The van der Waals surface area contributed by atoms with E-state index < -0.39 is 10.5 Å². The molecule has 1 saturated heterocycles. The number of nitro groups is 1. The summed E-state index contributed by atoms with van der Waals surface area (Å²) >= 11 is 0. The van der Waals surface area contributed by atoms with Gasteiger partial charge in [0, 0.05) is 35.7 Å². The SMILES string of the molecule is O=c1[nH]c(O)c(C=Nc2ccccc2CN2CCCCC2)c2cc([N+](=O)[O-])ccc12. The minimum Gasteiger partial charge on any atom is -0.494 e. The molecule has 154 valence electrons. The van der Waals surface area contributed by atoms with Crippen molar-refractivity contribution in [1.29, 1.82) is 0 Å². The number of piperidine rings is 1. The van der Waals surface area contributed by atoms with E-state index in [1.54, 1.807) is 0 Å². The predicted molar refractivity (Wildman–Crippen MR) is 116 cm³/mol. The highest BCUT2D eigenvalue weighted by atomic mass is 16.6. The zero-order chi connectivity index (χ0) is 21.1. The summed E-state index contributed by atoms with van der Waals surface area (Å²) in [5.74, 6) is -0.370. The Balaban J connectivity index is 1.73. The van der Waals surface area contributed by atoms with Gasteiger partial charge in [-0.3, -0.25) is 29.8 Å². The molecule has 2 N–H and O–H groups in total. The fraction of sp³-hybridized carbons (Fsp3) is 0.273. The highest BCUT2D eigenvalue weighted by molar-refractivity contribution is 6.02. The summed E-state index contributed by atoms with van der Waals surface area (Å²) in [7, 11) is 0. The van der Waals surface area contributed by atoms with Crippen molar-refractivity contribution in [1.82, 2.24) is 9.88 Å². The van der Waals surface area contributed by atoms with Crippen LogP contribution in [-0.2, 0) is 6.54 Å². The van der Waals surface area contributed by atoms with Crippen LogP contribution in [-0.4, -0.2) is 39.2 Å². The molecule has 0 spiro atoms. The van der Waals surface area contributed by atoms with Crippen LogP contribution in [0.4, 0.5) is 11.4 Å². The van der Waals surface area contributed by atoms with Gasteiger partial charge in [0.05, 0.1) is 16.2 Å². The predicted octanol–water partition coefficient (Wildman–Crippen LogP) is 3.88. The van der Waals surface area contributed by atoms with Crippen LogP contribution in [0.2, 0.25) is 0 Å². The maximum atomic E-state index is 12.1. The first-order valence-corrected chi connectivity index (χ1v) is 9.90. The number of fused-ring (bicyclic) bond motifs is 1. The van der Waals surface area contributed by atoms with Gasteiger partial charge in [-0.25, -0.2) is 0 Å². The number of hydrogen-bond donors (Lipinski definition) is 2. The number of pyridine rings is 1. The van der Waals surface area contributed by atoms with Crippen molar-refractivity contribution in [2.24, 2.45) is 4.99 Å². The van der Waals surface area contributed by atoms with Crippen LogP contribution < -0.4 is 5.56 Å². The summed E-state index contributed by atoms with van der Waals surface area (Å²) in [6.07, 6.45) is 5.11. The van der Waals surface area contributed by atoms with Gasteiger partial charge in [0.25, 0.3) is 11.2 Å². The zero-order valence-corrected chi connectivity index (χ0v) is 16.4. The molecule has 2 aromatic carbocycles. The number of aromatic amines is 1. The van der Waals surface area contributed by atoms with Crippen LogP contribution in [0.15, 0.2) is 52.3 Å². The van der Waals surface area contributed by atoms with E-state index in [0.29, 0.717) is 0 Å². The molecular weight excluding hydrogens is 384 g/mol. The molecule has 1 aliphatic heterocycles. The first kappa shape index (κ1) is 19.8. The highest BCUT2D eigenvalue weighted by Gasteiger charge is 2.15. The maximum Gasteiger partial charge on any atom is 0.270 e. The van der Waals surface area contributed by atoms with Gasteiger partial charge in [-0.2, -0.15) is 0 Å². The largest absolute Gasteiger partial charge is 0.494 e. The van der Waals surface area contributed by atoms with E-state index in [2.05, 4.69) is 14.9 Å². The Morgan fingerprint density at radius 1 is 1.13 bits per heavy atom. The van der Waals surface area contributed by atoms with Gasteiger partial charge in [-0.1, -0.05) is 24.6 Å². The van der Waals surface area contributed by atoms with Crippen LogP contribution in [0.1, 0.15) is 30.4 Å². The summed E-state index contributed by atoms with van der Waals surface area (Å²) in [5.41, 5.74) is 1.39. The molecule has 0 atom stereocenters. The van der Waals surface area contributed by atoms with Crippen molar-refractivity contribution < 1.29 is 10.0 Å². The van der Waals surface area contributed by atoms with Crippen molar-refractivity contribution in [2.45, 2.75) is 25.8 Å². The third-order valence-electron chi connectivity index (χ3n) is 5.40. The minimum absolute atomic E-state index is 0.160. The second-order valence-corrected chi connectivity index (χ2v) is 7.43. The molecule has 1 aliphatic rings. The topological polar surface area (TPSA) is 112 Å². The average molecular weight is 406 g/mol. The number of aromatic hydroxyl groups is 1. The van der Waals surface area contributed by atoms with E-state index >= 15 is 0 Å². The molecule has 0 aliphatic carbocycles. The molecule has 8 heteroatoms. The first-order chi connectivity index (χ1) is 14.5. The number of aromatic nitrogens is 1. The van der Waals surface area contributed by atoms with E-state index in [1.165, 1.54) is 43.7 Å². The van der Waals surface area contributed by atoms with Crippen LogP contribution in [0.3, 0.4) is 0 Å². The van der Waals surface area contributed by atoms with Crippen molar-refractivity contribution in [3.8, 4) is 5.88 Å². The van der Waals surface area contributed by atoms with E-state index in [-0.39, 0.29) is 27.9 Å². The molecule has 4 rings (SSSR count). The molecule has 3 aromatic rings. The molecule has 0 saturated carbocycles. The molecule has 2 heterocycles. The van der Waals surface area contributed by atoms with Gasteiger partial charge < -0.3 is 5.11 Å². The summed E-state index contributed by atoms with van der Waals surface area (Å²) in [6.45, 7) is 2.91. The lowest BCUT2D eigenvalue weighted by atomic mass is 10.1. The standard InChI is InChI=1S/C22H22N4O4/c27-21-17-9-8-16(26(29)30)12-18(17)19(22(28)24-21)13-23-20-7-3-2-6-15(20)14-25-10-4-1-5-11-25/h2-3,6-9,12-13H,1,4-5,10-11,14H2,(H2,24,27,28). The van der Waals surface area contributed by atoms with E-state index in [0.717, 1.165) is 30.9 Å². The number of nitrogens with one attached hydrogen (secondary N) is 1. The minimum atomic E-state index is -0.535. The number of nitro benzene ring substituents is 1. The number of nitrogens with zero attached hydrogens (tertiary/aromatic N) is 3. The van der Waals surface area contributed by atoms with E-state index in [1.807, 2.05) is 24.3 Å². The van der Waals surface area contributed by atoms with Gasteiger partial charge in [-0.15, -0.1) is 0 Å². The van der Waals surface area contributed by atoms with Crippen LogP contribution in [0.25, 0.3) is 10.8 Å². The first-order valence-electron chi connectivity index (χ1n) is 9.90. The molecular formula is C22H22N4O4. The smallest absolute Gasteiger partial charge is 0.270 e. The van der Waals surface area contributed by atoms with Crippen molar-refractivity contribution >= 4 is 28.4 Å². The maximum absolute atomic E-state index is 12.1. The number of hydrogen-bond acceptors (Lipinski definition) is 6. The number of aliphatic imine (C=N–C) groups is 1. The van der Waals surface area contributed by atoms with E-state index in [9.17, 15) is 20.0 Å². The Bertz CT molecular complexity index is 1180. The van der Waals surface area contributed by atoms with E-state index in [4.69, 9.17) is 0 Å². The second kappa shape index (κ2) is 8.46. The summed E-state index contributed by atoms with van der Waals surface area (Å²) in [4.78, 5) is 32.1. The van der Waals surface area contributed by atoms with Gasteiger partial charge >= 0.3 is 0 Å². The monoisotopic (exact) mass is 406 g/mol. The van der Waals surface area contributed by atoms with Crippen molar-refractivity contribution in [2.75, 3.05) is 13.1 Å². The molecule has 1 aromatic heterocycles. The summed E-state index contributed by atoms with van der Waals surface area (Å²) in [5, 5.41) is 22.0. The molecule has 8 nitrogen and oxygen atoms in total. The highest BCUT2D eigenvalue weighted by Crippen LogP contribution is 2.27. The molecule has 0 unspecified atom stereocenters. The van der Waals surface area contributed by atoms with Crippen LogP contribution in [0, 0.1) is 10.1 Å². The number of H-pyrrole nitrogens is 1. The fourth-order valence-corrected chi connectivity index (χ4v) is 3.83. The summed E-state index contributed by atoms with van der Waals surface area (Å²) < 4.78 is 0. The van der Waals surface area contributed by atoms with Crippen LogP contribution in [0.5, 0.6) is 5.88 Å². The molecule has 1 fully saturated rings. The third-order valence-corrected chi connectivity index (χ3v) is 5.40. The normalized spacial score (nSPS) is 15.1. The molecule has 0 amide bonds. The van der Waals surface area contributed by atoms with Gasteiger partial charge in [0.15, 0.2) is 0 Å². The molecule has 30 heavy (non-hydrogen) atoms. The Morgan fingerprint density at radius 2 is 1.90 bits per heavy atom. The number of benzene rings is 2. The second-order valence-electron chi connectivity index (χ2n) is 7.43. The Kier molecular flexibility index (Phi) is 5.58. The van der Waals surface area contributed by atoms with Gasteiger partial charge in [0.1, 0.15) is 0 Å². The van der Waals surface area contributed by atoms with Gasteiger partial charge in [0.2, 0.25) is 5.88 Å². The van der Waals surface area contributed by atoms with Crippen LogP contribution >= 0.6 is 0 Å². The molecule has 0 radical (unpaired) electrons. The Hall–Kier alpha value is -3.52. The lowest BCUT2D eigenvalue weighted by Crippen LogP contribution is -2.29. The lowest BCUT2D eigenvalue weighted by Gasteiger charge is -2.26. The Morgan fingerprint density at radius 3 is 2.67 bits per heavy atom. The Labute approximate surface area is 172 Å². The zero-order valence-electron chi connectivity index (χ0n) is 16.4. The summed E-state index contributed by atoms with van der Waals surface area (Å²) in [6, 6.07) is 11.7. The number of para-hydroxylation sites is 1. The average Bonchev–Trinajstić information content (AvgIpc) is 2.75. The third kappa shape index (κ3) is 4.08. The molecule has 0 bridgehead atoms. The number of likely N-dealkylation sites (tertiary alicyclic amines) is 1. The quantitative estimate of drug-likeness (QED) is 0.379. The van der Waals surface area contributed by atoms with Crippen molar-refractivity contribution in [3.63, 3.8) is 0 Å². The van der Waals surface area contributed by atoms with Crippen molar-refractivity contribution in [3.05, 3.63) is 74.1 Å². The van der Waals surface area contributed by atoms with Gasteiger partial charge in [-0.05, 0) is 43.6 Å². The number of non-ortho nitro benzene ring substituents is 1.